The SMILES string of the molecule is CC(C)(C)OC(=O)N1CC(C(=O)Cc2ccc(F)cc2F)(N(Cc2ccc(Cl)cc2)C(=O)CCl)C1. The summed E-state index contributed by atoms with van der Waals surface area (Å²) in [5.41, 5.74) is -1.56. The van der Waals surface area contributed by atoms with E-state index >= 15 is 0 Å². The number of likely N-dealkylation sites (tertiary alicyclic amines) is 1. The molecule has 0 spiro atoms. The van der Waals surface area contributed by atoms with Gasteiger partial charge in [-0.25, -0.2) is 13.6 Å². The molecule has 1 fully saturated rings. The molecule has 0 radical (unpaired) electrons. The van der Waals surface area contributed by atoms with Gasteiger partial charge in [-0.05, 0) is 50.1 Å². The molecule has 35 heavy (non-hydrogen) atoms. The van der Waals surface area contributed by atoms with Crippen LogP contribution >= 0.6 is 23.2 Å². The lowest BCUT2D eigenvalue weighted by Crippen LogP contribution is -2.76. The Kier molecular flexibility index (Phi) is 8.07. The quantitative estimate of drug-likeness (QED) is 0.477. The van der Waals surface area contributed by atoms with E-state index in [1.165, 1.54) is 15.9 Å². The van der Waals surface area contributed by atoms with E-state index in [1.54, 1.807) is 45.0 Å². The highest BCUT2D eigenvalue weighted by Gasteiger charge is 2.56. The predicted molar refractivity (Wildman–Crippen MR) is 128 cm³/mol. The molecule has 0 aromatic heterocycles. The smallest absolute Gasteiger partial charge is 0.410 e. The van der Waals surface area contributed by atoms with Crippen molar-refractivity contribution in [3.8, 4) is 0 Å². The maximum atomic E-state index is 14.3. The molecule has 0 bridgehead atoms. The van der Waals surface area contributed by atoms with Crippen molar-refractivity contribution < 1.29 is 27.9 Å². The van der Waals surface area contributed by atoms with Crippen molar-refractivity contribution in [1.82, 2.24) is 9.80 Å². The molecule has 2 amide bonds. The van der Waals surface area contributed by atoms with E-state index in [9.17, 15) is 23.2 Å². The molecule has 0 saturated carbocycles. The van der Waals surface area contributed by atoms with Crippen LogP contribution < -0.4 is 0 Å². The fourth-order valence-electron chi connectivity index (χ4n) is 3.86. The summed E-state index contributed by atoms with van der Waals surface area (Å²) < 4.78 is 33.1. The standard InChI is InChI=1S/C25H26Cl2F2N2O4/c1-24(2,3)35-23(34)30-14-25(15-30,21(32)10-17-6-9-19(28)11-20(17)29)31(22(33)12-26)13-16-4-7-18(27)8-5-16/h4-9,11H,10,12-15H2,1-3H3. The number of nitrogens with zero attached hydrogens (tertiary/aromatic N) is 2. The molecule has 0 atom stereocenters. The Balaban J connectivity index is 1.95. The molecular weight excluding hydrogens is 501 g/mol. The molecule has 1 saturated heterocycles. The van der Waals surface area contributed by atoms with Crippen molar-refractivity contribution in [2.24, 2.45) is 0 Å². The van der Waals surface area contributed by atoms with Crippen LogP contribution in [0, 0.1) is 11.6 Å². The number of halogens is 4. The molecule has 1 aliphatic heterocycles. The molecule has 0 aliphatic carbocycles. The molecule has 2 aromatic carbocycles. The Bertz CT molecular complexity index is 1110. The number of amides is 2. The Morgan fingerprint density at radius 2 is 1.71 bits per heavy atom. The molecule has 10 heteroatoms. The molecule has 1 heterocycles. The molecule has 1 aliphatic rings. The zero-order chi connectivity index (χ0) is 26.0. The molecular formula is C25H26Cl2F2N2O4. The van der Waals surface area contributed by atoms with Gasteiger partial charge in [-0.3, -0.25) is 9.59 Å². The highest BCUT2D eigenvalue weighted by Crippen LogP contribution is 2.34. The molecule has 0 unspecified atom stereocenters. The van der Waals surface area contributed by atoms with Gasteiger partial charge in [-0.15, -0.1) is 11.6 Å². The van der Waals surface area contributed by atoms with Gasteiger partial charge in [0, 0.05) is 24.1 Å². The van der Waals surface area contributed by atoms with E-state index in [0.717, 1.165) is 6.07 Å². The number of benzene rings is 2. The van der Waals surface area contributed by atoms with E-state index in [0.29, 0.717) is 16.7 Å². The first-order chi connectivity index (χ1) is 16.3. The van der Waals surface area contributed by atoms with E-state index in [2.05, 4.69) is 0 Å². The first-order valence-corrected chi connectivity index (χ1v) is 11.8. The van der Waals surface area contributed by atoms with Gasteiger partial charge in [-0.1, -0.05) is 29.8 Å². The van der Waals surface area contributed by atoms with E-state index < -0.39 is 52.9 Å². The Hall–Kier alpha value is -2.71. The number of hydrogen-bond acceptors (Lipinski definition) is 4. The van der Waals surface area contributed by atoms with Crippen LogP contribution in [0.3, 0.4) is 0 Å². The summed E-state index contributed by atoms with van der Waals surface area (Å²) in [7, 11) is 0. The second-order valence-electron chi connectivity index (χ2n) is 9.44. The number of carbonyl (C=O) groups excluding carboxylic acids is 3. The summed E-state index contributed by atoms with van der Waals surface area (Å²) in [6, 6.07) is 9.65. The maximum Gasteiger partial charge on any atom is 0.410 e. The van der Waals surface area contributed by atoms with Crippen LogP contribution in [0.4, 0.5) is 13.6 Å². The highest BCUT2D eigenvalue weighted by molar-refractivity contribution is 6.30. The van der Waals surface area contributed by atoms with Crippen molar-refractivity contribution in [3.05, 3.63) is 70.2 Å². The van der Waals surface area contributed by atoms with Gasteiger partial charge < -0.3 is 14.5 Å². The third-order valence-electron chi connectivity index (χ3n) is 5.63. The van der Waals surface area contributed by atoms with Gasteiger partial charge in [0.15, 0.2) is 5.78 Å². The molecule has 188 valence electrons. The van der Waals surface area contributed by atoms with Gasteiger partial charge in [-0.2, -0.15) is 0 Å². The van der Waals surface area contributed by atoms with Gasteiger partial charge in [0.25, 0.3) is 0 Å². The Morgan fingerprint density at radius 3 is 2.26 bits per heavy atom. The monoisotopic (exact) mass is 526 g/mol. The van der Waals surface area contributed by atoms with E-state index in [4.69, 9.17) is 27.9 Å². The predicted octanol–water partition coefficient (Wildman–Crippen LogP) is 4.99. The van der Waals surface area contributed by atoms with Crippen LogP contribution in [-0.4, -0.2) is 57.7 Å². The van der Waals surface area contributed by atoms with Gasteiger partial charge in [0.2, 0.25) is 5.91 Å². The van der Waals surface area contributed by atoms with Crippen LogP contribution in [0.5, 0.6) is 0 Å². The van der Waals surface area contributed by atoms with E-state index in [1.807, 2.05) is 0 Å². The van der Waals surface area contributed by atoms with Crippen LogP contribution in [0.15, 0.2) is 42.5 Å². The summed E-state index contributed by atoms with van der Waals surface area (Å²) in [6.45, 7) is 4.85. The first kappa shape index (κ1) is 26.9. The van der Waals surface area contributed by atoms with E-state index in [-0.39, 0.29) is 25.2 Å². The third-order valence-corrected chi connectivity index (χ3v) is 6.11. The number of ether oxygens (including phenoxy) is 1. The second kappa shape index (κ2) is 10.5. The Labute approximate surface area is 212 Å². The zero-order valence-corrected chi connectivity index (χ0v) is 21.1. The van der Waals surface area contributed by atoms with Crippen LogP contribution in [0.25, 0.3) is 0 Å². The fourth-order valence-corrected chi connectivity index (χ4v) is 4.13. The van der Waals surface area contributed by atoms with Gasteiger partial charge >= 0.3 is 6.09 Å². The lowest BCUT2D eigenvalue weighted by molar-refractivity contribution is -0.157. The van der Waals surface area contributed by atoms with Gasteiger partial charge in [0.05, 0.1) is 13.1 Å². The average molecular weight is 527 g/mol. The zero-order valence-electron chi connectivity index (χ0n) is 19.6. The second-order valence-corrected chi connectivity index (χ2v) is 10.1. The fraction of sp³-hybridized carbons (Fsp3) is 0.400. The maximum absolute atomic E-state index is 14.3. The summed E-state index contributed by atoms with van der Waals surface area (Å²) in [4.78, 5) is 41.8. The average Bonchev–Trinajstić information content (AvgIpc) is 2.73. The minimum atomic E-state index is -1.47. The van der Waals surface area contributed by atoms with Crippen LogP contribution in [0.2, 0.25) is 5.02 Å². The number of ketones is 1. The lowest BCUT2D eigenvalue weighted by atomic mass is 9.80. The minimum absolute atomic E-state index is 0.0164. The highest BCUT2D eigenvalue weighted by atomic mass is 35.5. The van der Waals surface area contributed by atoms with Crippen molar-refractivity contribution >= 4 is 41.0 Å². The summed E-state index contributed by atoms with van der Waals surface area (Å²) >= 11 is 11.9. The first-order valence-electron chi connectivity index (χ1n) is 10.9. The number of hydrogen-bond donors (Lipinski definition) is 0. The third kappa shape index (κ3) is 6.30. The van der Waals surface area contributed by atoms with Gasteiger partial charge in [0.1, 0.15) is 28.7 Å². The lowest BCUT2D eigenvalue weighted by Gasteiger charge is -2.54. The number of Topliss-reactive ketones (excluding diaryl/α,β-unsaturated/α-hetero) is 1. The molecule has 0 N–H and O–H groups in total. The summed E-state index contributed by atoms with van der Waals surface area (Å²) in [5.74, 6) is -3.08. The Morgan fingerprint density at radius 1 is 1.09 bits per heavy atom. The van der Waals surface area contributed by atoms with Crippen molar-refractivity contribution in [2.75, 3.05) is 19.0 Å². The number of alkyl halides is 1. The van der Waals surface area contributed by atoms with Crippen LogP contribution in [-0.2, 0) is 27.3 Å². The summed E-state index contributed by atoms with van der Waals surface area (Å²) in [5, 5.41) is 0.501. The van der Waals surface area contributed by atoms with Crippen LogP contribution in [0.1, 0.15) is 31.9 Å². The largest absolute Gasteiger partial charge is 0.444 e. The van der Waals surface area contributed by atoms with Crippen molar-refractivity contribution in [1.29, 1.82) is 0 Å². The molecule has 3 rings (SSSR count). The normalized spacial score (nSPS) is 14.8. The number of carbonyl (C=O) groups is 3. The minimum Gasteiger partial charge on any atom is -0.444 e. The van der Waals surface area contributed by atoms with Crippen molar-refractivity contribution in [2.45, 2.75) is 44.9 Å². The summed E-state index contributed by atoms with van der Waals surface area (Å²) in [6.07, 6.45) is -1.04. The molecule has 6 nitrogen and oxygen atoms in total. The number of rotatable bonds is 7. The molecule has 2 aromatic rings. The topological polar surface area (TPSA) is 66.9 Å². The van der Waals surface area contributed by atoms with Crippen molar-refractivity contribution in [3.63, 3.8) is 0 Å².